The zero-order valence-corrected chi connectivity index (χ0v) is 16.5. The summed E-state index contributed by atoms with van der Waals surface area (Å²) in [5, 5.41) is 9.85. The fourth-order valence-corrected chi connectivity index (χ4v) is 3.31. The molecular weight excluding hydrogens is 390 g/mol. The van der Waals surface area contributed by atoms with Crippen LogP contribution < -0.4 is 10.2 Å². The van der Waals surface area contributed by atoms with Crippen molar-refractivity contribution in [3.63, 3.8) is 0 Å². The number of nitrogens with one attached hydrogen (secondary N) is 2. The van der Waals surface area contributed by atoms with Crippen molar-refractivity contribution >= 4 is 35.6 Å². The molecule has 8 nitrogen and oxygen atoms in total. The van der Waals surface area contributed by atoms with Gasteiger partial charge in [0.15, 0.2) is 10.6 Å². The van der Waals surface area contributed by atoms with Crippen molar-refractivity contribution in [2.75, 3.05) is 23.4 Å². The predicted molar refractivity (Wildman–Crippen MR) is 111 cm³/mol. The minimum atomic E-state index is -0.388. The second-order valence-electron chi connectivity index (χ2n) is 6.67. The minimum Gasteiger partial charge on any atom is -0.447 e. The first-order valence-corrected chi connectivity index (χ1v) is 9.48. The van der Waals surface area contributed by atoms with Crippen LogP contribution in [0.2, 0.25) is 0 Å². The number of hydrogen-bond acceptors (Lipinski definition) is 5. The summed E-state index contributed by atoms with van der Waals surface area (Å²) >= 11 is 5.29. The van der Waals surface area contributed by atoms with Crippen molar-refractivity contribution in [2.24, 2.45) is 0 Å². The molecule has 0 radical (unpaired) electrons. The maximum Gasteiger partial charge on any atom is 0.414 e. The quantitative estimate of drug-likeness (QED) is 0.629. The number of nitrogens with zero attached hydrogens (tertiary/aromatic N) is 3. The van der Waals surface area contributed by atoms with Gasteiger partial charge in [-0.3, -0.25) is 19.4 Å². The molecule has 0 spiro atoms. The lowest BCUT2D eigenvalue weighted by molar-refractivity contribution is -0.116. The van der Waals surface area contributed by atoms with Gasteiger partial charge in [0.1, 0.15) is 13.2 Å². The molecular formula is C20H19N5O3S. The summed E-state index contributed by atoms with van der Waals surface area (Å²) < 4.78 is 6.98. The van der Waals surface area contributed by atoms with Crippen LogP contribution in [0.3, 0.4) is 0 Å². The van der Waals surface area contributed by atoms with Gasteiger partial charge in [-0.2, -0.15) is 5.10 Å². The van der Waals surface area contributed by atoms with Gasteiger partial charge in [0.05, 0.1) is 6.54 Å². The van der Waals surface area contributed by atoms with E-state index in [1.165, 1.54) is 4.90 Å². The number of amides is 2. The van der Waals surface area contributed by atoms with Gasteiger partial charge < -0.3 is 10.1 Å². The molecule has 29 heavy (non-hydrogen) atoms. The van der Waals surface area contributed by atoms with E-state index in [1.807, 2.05) is 31.2 Å². The summed E-state index contributed by atoms with van der Waals surface area (Å²) in [6, 6.07) is 14.9. The van der Waals surface area contributed by atoms with Gasteiger partial charge in [-0.1, -0.05) is 35.9 Å². The molecule has 9 heteroatoms. The van der Waals surface area contributed by atoms with E-state index in [4.69, 9.17) is 17.0 Å². The molecule has 2 amide bonds. The number of carbonyl (C=O) groups excluding carboxylic acids is 2. The maximum atomic E-state index is 12.6. The number of ether oxygens (including phenoxy) is 1. The van der Waals surface area contributed by atoms with Gasteiger partial charge in [-0.15, -0.1) is 0 Å². The van der Waals surface area contributed by atoms with Crippen LogP contribution in [0.15, 0.2) is 48.5 Å². The normalized spacial score (nSPS) is 13.4. The highest BCUT2D eigenvalue weighted by Crippen LogP contribution is 2.23. The number of anilines is 2. The third kappa shape index (κ3) is 4.04. The van der Waals surface area contributed by atoms with E-state index in [-0.39, 0.29) is 18.5 Å². The fraction of sp³-hybridized carbons (Fsp3) is 0.200. The number of benzene rings is 2. The Morgan fingerprint density at radius 3 is 2.79 bits per heavy atom. The number of H-pyrrole nitrogens is 1. The number of hydrogen-bond donors (Lipinski definition) is 2. The SMILES string of the molecule is Cc1ccc(-c2n[nH]c(=S)n2CC(=O)Nc2cccc(N3CCOC3=O)c2)cc1. The number of aromatic amines is 1. The lowest BCUT2D eigenvalue weighted by Crippen LogP contribution is -2.24. The van der Waals surface area contributed by atoms with Crippen molar-refractivity contribution in [2.45, 2.75) is 13.5 Å². The van der Waals surface area contributed by atoms with Crippen molar-refractivity contribution in [1.82, 2.24) is 14.8 Å². The van der Waals surface area contributed by atoms with E-state index in [2.05, 4.69) is 15.5 Å². The van der Waals surface area contributed by atoms with Crippen LogP contribution in [0.4, 0.5) is 16.2 Å². The second kappa shape index (κ2) is 7.88. The van der Waals surface area contributed by atoms with E-state index >= 15 is 0 Å². The van der Waals surface area contributed by atoms with E-state index in [0.29, 0.717) is 35.1 Å². The van der Waals surface area contributed by atoms with Crippen LogP contribution in [-0.2, 0) is 16.1 Å². The molecule has 148 valence electrons. The highest BCUT2D eigenvalue weighted by atomic mass is 32.1. The first kappa shape index (κ1) is 18.9. The zero-order chi connectivity index (χ0) is 20.4. The number of rotatable bonds is 5. The van der Waals surface area contributed by atoms with Gasteiger partial charge in [0.25, 0.3) is 0 Å². The molecule has 3 aromatic rings. The third-order valence-corrected chi connectivity index (χ3v) is 4.88. The van der Waals surface area contributed by atoms with Crippen molar-refractivity contribution in [3.05, 3.63) is 58.9 Å². The Bertz CT molecular complexity index is 1120. The number of carbonyl (C=O) groups is 2. The monoisotopic (exact) mass is 409 g/mol. The average Bonchev–Trinajstić information content (AvgIpc) is 3.29. The molecule has 1 aromatic heterocycles. The van der Waals surface area contributed by atoms with Crippen LogP contribution in [0.5, 0.6) is 0 Å². The van der Waals surface area contributed by atoms with E-state index < -0.39 is 0 Å². The molecule has 0 saturated carbocycles. The third-order valence-electron chi connectivity index (χ3n) is 4.57. The molecule has 0 aliphatic carbocycles. The van der Waals surface area contributed by atoms with Gasteiger partial charge in [-0.05, 0) is 37.3 Å². The molecule has 1 aliphatic heterocycles. The van der Waals surface area contributed by atoms with Crippen molar-refractivity contribution in [3.8, 4) is 11.4 Å². The smallest absolute Gasteiger partial charge is 0.414 e. The molecule has 2 N–H and O–H groups in total. The number of aryl methyl sites for hydroxylation is 1. The molecule has 0 atom stereocenters. The molecule has 2 heterocycles. The van der Waals surface area contributed by atoms with Crippen LogP contribution in [0.25, 0.3) is 11.4 Å². The molecule has 1 aliphatic rings. The molecule has 1 saturated heterocycles. The van der Waals surface area contributed by atoms with Gasteiger partial charge in [-0.25, -0.2) is 4.79 Å². The predicted octanol–water partition coefficient (Wildman–Crippen LogP) is 3.51. The zero-order valence-electron chi connectivity index (χ0n) is 15.7. The first-order valence-electron chi connectivity index (χ1n) is 9.08. The van der Waals surface area contributed by atoms with Gasteiger partial charge >= 0.3 is 6.09 Å². The molecule has 2 aromatic carbocycles. The largest absolute Gasteiger partial charge is 0.447 e. The Labute approximate surface area is 172 Å². The Morgan fingerprint density at radius 2 is 2.07 bits per heavy atom. The molecule has 0 unspecified atom stereocenters. The summed E-state index contributed by atoms with van der Waals surface area (Å²) in [5.41, 5.74) is 3.25. The average molecular weight is 409 g/mol. The lowest BCUT2D eigenvalue weighted by atomic mass is 10.1. The lowest BCUT2D eigenvalue weighted by Gasteiger charge is -2.14. The number of cyclic esters (lactones) is 1. The second-order valence-corrected chi connectivity index (χ2v) is 7.06. The summed E-state index contributed by atoms with van der Waals surface area (Å²) in [6.45, 7) is 2.86. The summed E-state index contributed by atoms with van der Waals surface area (Å²) in [6.07, 6.45) is -0.388. The maximum absolute atomic E-state index is 12.6. The van der Waals surface area contributed by atoms with E-state index in [9.17, 15) is 9.59 Å². The summed E-state index contributed by atoms with van der Waals surface area (Å²) in [5.74, 6) is 0.343. The van der Waals surface area contributed by atoms with Crippen molar-refractivity contribution in [1.29, 1.82) is 0 Å². The Balaban J connectivity index is 1.51. The fourth-order valence-electron chi connectivity index (χ4n) is 3.11. The standard InChI is InChI=1S/C20H19N5O3S/c1-13-5-7-14(8-6-13)18-22-23-19(29)25(18)12-17(26)21-15-3-2-4-16(11-15)24-9-10-28-20(24)27/h2-8,11H,9-10,12H2,1H3,(H,21,26)(H,23,29). The first-order chi connectivity index (χ1) is 14.0. The van der Waals surface area contributed by atoms with E-state index in [1.54, 1.807) is 28.8 Å². The molecule has 4 rings (SSSR count). The van der Waals surface area contributed by atoms with Crippen LogP contribution in [-0.4, -0.2) is 39.9 Å². The highest BCUT2D eigenvalue weighted by molar-refractivity contribution is 7.71. The van der Waals surface area contributed by atoms with Crippen LogP contribution >= 0.6 is 12.2 Å². The Kier molecular flexibility index (Phi) is 5.13. The molecule has 1 fully saturated rings. The van der Waals surface area contributed by atoms with Crippen molar-refractivity contribution < 1.29 is 14.3 Å². The summed E-state index contributed by atoms with van der Waals surface area (Å²) in [4.78, 5) is 25.9. The summed E-state index contributed by atoms with van der Waals surface area (Å²) in [7, 11) is 0. The van der Waals surface area contributed by atoms with Crippen LogP contribution in [0.1, 0.15) is 5.56 Å². The molecule has 0 bridgehead atoms. The van der Waals surface area contributed by atoms with Gasteiger partial charge in [0.2, 0.25) is 5.91 Å². The highest BCUT2D eigenvalue weighted by Gasteiger charge is 2.23. The minimum absolute atomic E-state index is 0.00846. The Morgan fingerprint density at radius 1 is 1.28 bits per heavy atom. The Hall–Kier alpha value is -3.46. The number of aromatic nitrogens is 3. The topological polar surface area (TPSA) is 92.2 Å². The van der Waals surface area contributed by atoms with Gasteiger partial charge in [0, 0.05) is 16.9 Å². The van der Waals surface area contributed by atoms with Crippen LogP contribution in [0, 0.1) is 11.7 Å². The van der Waals surface area contributed by atoms with E-state index in [0.717, 1.165) is 11.1 Å².